The number of nitrogens with zero attached hydrogens (tertiary/aromatic N) is 2. The van der Waals surface area contributed by atoms with Crippen molar-refractivity contribution in [2.75, 3.05) is 6.54 Å². The molecule has 0 fully saturated rings. The maximum Gasteiger partial charge on any atom is 0.407 e. The van der Waals surface area contributed by atoms with Gasteiger partial charge in [-0.3, -0.25) is 0 Å². The fourth-order valence-electron chi connectivity index (χ4n) is 2.01. The minimum Gasteiger partial charge on any atom is -0.444 e. The largest absolute Gasteiger partial charge is 0.444 e. The van der Waals surface area contributed by atoms with Gasteiger partial charge in [0, 0.05) is 6.54 Å². The van der Waals surface area contributed by atoms with Crippen molar-refractivity contribution in [3.05, 3.63) is 17.7 Å². The lowest BCUT2D eigenvalue weighted by atomic mass is 10.2. The second-order valence-electron chi connectivity index (χ2n) is 5.76. The van der Waals surface area contributed by atoms with Gasteiger partial charge in [-0.05, 0) is 20.8 Å². The summed E-state index contributed by atoms with van der Waals surface area (Å²) in [6.07, 6.45) is 1.11. The molecule has 2 N–H and O–H groups in total. The number of ether oxygens (including phenoxy) is 2. The van der Waals surface area contributed by atoms with E-state index < -0.39 is 11.7 Å². The van der Waals surface area contributed by atoms with Gasteiger partial charge in [0.2, 0.25) is 0 Å². The SMILES string of the molecule is CC(C)(C)OC(=O)NCC1Cn2cnc(CO)c2CO1. The lowest BCUT2D eigenvalue weighted by molar-refractivity contribution is 0.000226. The Morgan fingerprint density at radius 3 is 3.05 bits per heavy atom. The van der Waals surface area contributed by atoms with Gasteiger partial charge in [0.1, 0.15) is 5.60 Å². The number of hydrogen-bond acceptors (Lipinski definition) is 5. The highest BCUT2D eigenvalue weighted by Crippen LogP contribution is 2.17. The molecule has 0 spiro atoms. The monoisotopic (exact) mass is 283 g/mol. The summed E-state index contributed by atoms with van der Waals surface area (Å²) in [7, 11) is 0. The molecule has 2 heterocycles. The minimum absolute atomic E-state index is 0.0908. The van der Waals surface area contributed by atoms with Gasteiger partial charge in [0.05, 0.1) is 43.6 Å². The van der Waals surface area contributed by atoms with Crippen LogP contribution in [-0.2, 0) is 29.2 Å². The Balaban J connectivity index is 1.83. The number of nitrogens with one attached hydrogen (secondary N) is 1. The molecule has 0 saturated heterocycles. The molecule has 0 saturated carbocycles. The number of amides is 1. The smallest absolute Gasteiger partial charge is 0.407 e. The highest BCUT2D eigenvalue weighted by atomic mass is 16.6. The van der Waals surface area contributed by atoms with E-state index in [1.807, 2.05) is 25.3 Å². The molecule has 1 aliphatic rings. The van der Waals surface area contributed by atoms with Crippen LogP contribution < -0.4 is 5.32 Å². The van der Waals surface area contributed by atoms with Gasteiger partial charge in [-0.2, -0.15) is 0 Å². The standard InChI is InChI=1S/C13H21N3O4/c1-13(2,3)20-12(18)14-4-9-5-16-8-15-10(6-17)11(16)7-19-9/h8-9,17H,4-7H2,1-3H3,(H,14,18). The summed E-state index contributed by atoms with van der Waals surface area (Å²) in [5, 5.41) is 11.8. The first-order valence-electron chi connectivity index (χ1n) is 6.61. The van der Waals surface area contributed by atoms with Gasteiger partial charge in [-0.25, -0.2) is 9.78 Å². The van der Waals surface area contributed by atoms with Crippen LogP contribution >= 0.6 is 0 Å². The quantitative estimate of drug-likeness (QED) is 0.857. The van der Waals surface area contributed by atoms with Crippen molar-refractivity contribution in [1.29, 1.82) is 0 Å². The van der Waals surface area contributed by atoms with E-state index >= 15 is 0 Å². The van der Waals surface area contributed by atoms with E-state index in [0.717, 1.165) is 5.69 Å². The number of imidazole rings is 1. The Hall–Kier alpha value is -1.60. The van der Waals surface area contributed by atoms with Crippen LogP contribution in [-0.4, -0.2) is 39.0 Å². The summed E-state index contributed by atoms with van der Waals surface area (Å²) < 4.78 is 12.7. The van der Waals surface area contributed by atoms with E-state index in [4.69, 9.17) is 14.6 Å². The number of alkyl carbamates (subject to hydrolysis) is 1. The highest BCUT2D eigenvalue weighted by Gasteiger charge is 2.23. The third kappa shape index (κ3) is 3.71. The number of aliphatic hydroxyl groups is 1. The molecular formula is C13H21N3O4. The maximum absolute atomic E-state index is 11.6. The normalized spacial score (nSPS) is 18.5. The molecule has 7 heteroatoms. The molecule has 1 aromatic heterocycles. The van der Waals surface area contributed by atoms with E-state index in [9.17, 15) is 4.79 Å². The van der Waals surface area contributed by atoms with Crippen molar-refractivity contribution in [2.24, 2.45) is 0 Å². The van der Waals surface area contributed by atoms with Gasteiger partial charge in [-0.15, -0.1) is 0 Å². The summed E-state index contributed by atoms with van der Waals surface area (Å²) in [6, 6.07) is 0. The minimum atomic E-state index is -0.509. The molecule has 0 radical (unpaired) electrons. The summed E-state index contributed by atoms with van der Waals surface area (Å²) in [5.41, 5.74) is 1.02. The first-order chi connectivity index (χ1) is 9.39. The number of hydrogen-bond donors (Lipinski definition) is 2. The Labute approximate surface area is 117 Å². The van der Waals surface area contributed by atoms with Crippen LogP contribution in [0.15, 0.2) is 6.33 Å². The summed E-state index contributed by atoms with van der Waals surface area (Å²) in [6.45, 7) is 6.72. The fourth-order valence-corrected chi connectivity index (χ4v) is 2.01. The van der Waals surface area contributed by atoms with Crippen molar-refractivity contribution < 1.29 is 19.4 Å². The number of fused-ring (bicyclic) bond motifs is 1. The number of rotatable bonds is 3. The maximum atomic E-state index is 11.6. The Morgan fingerprint density at radius 1 is 1.65 bits per heavy atom. The second kappa shape index (κ2) is 5.80. The van der Waals surface area contributed by atoms with E-state index in [1.165, 1.54) is 0 Å². The van der Waals surface area contributed by atoms with Crippen LogP contribution in [0, 0.1) is 0 Å². The molecule has 20 heavy (non-hydrogen) atoms. The molecule has 1 amide bonds. The van der Waals surface area contributed by atoms with Crippen LogP contribution in [0.4, 0.5) is 4.79 Å². The number of aliphatic hydroxyl groups excluding tert-OH is 1. The summed E-state index contributed by atoms with van der Waals surface area (Å²) in [5.74, 6) is 0. The molecule has 1 aromatic rings. The van der Waals surface area contributed by atoms with E-state index in [2.05, 4.69) is 10.3 Å². The van der Waals surface area contributed by atoms with Gasteiger partial charge in [0.25, 0.3) is 0 Å². The molecule has 1 aliphatic heterocycles. The van der Waals surface area contributed by atoms with Gasteiger partial charge < -0.3 is 24.5 Å². The first-order valence-corrected chi connectivity index (χ1v) is 6.61. The van der Waals surface area contributed by atoms with Crippen molar-refractivity contribution >= 4 is 6.09 Å². The zero-order valence-corrected chi connectivity index (χ0v) is 12.0. The topological polar surface area (TPSA) is 85.6 Å². The van der Waals surface area contributed by atoms with Gasteiger partial charge in [0.15, 0.2) is 0 Å². The van der Waals surface area contributed by atoms with Crippen LogP contribution in [0.3, 0.4) is 0 Å². The number of carbonyl (C=O) groups is 1. The zero-order valence-electron chi connectivity index (χ0n) is 12.0. The molecule has 1 unspecified atom stereocenters. The molecule has 7 nitrogen and oxygen atoms in total. The lowest BCUT2D eigenvalue weighted by Gasteiger charge is -2.26. The molecule has 2 rings (SSSR count). The van der Waals surface area contributed by atoms with Crippen molar-refractivity contribution in [2.45, 2.75) is 52.2 Å². The van der Waals surface area contributed by atoms with Gasteiger partial charge >= 0.3 is 6.09 Å². The van der Waals surface area contributed by atoms with Crippen molar-refractivity contribution in [3.8, 4) is 0 Å². The lowest BCUT2D eigenvalue weighted by Crippen LogP contribution is -2.40. The average molecular weight is 283 g/mol. The third-order valence-corrected chi connectivity index (χ3v) is 2.91. The molecule has 0 aliphatic carbocycles. The predicted octanol–water partition coefficient (Wildman–Crippen LogP) is 0.799. The summed E-state index contributed by atoms with van der Waals surface area (Å²) >= 11 is 0. The van der Waals surface area contributed by atoms with Crippen molar-refractivity contribution in [1.82, 2.24) is 14.9 Å². The Bertz CT molecular complexity index is 478. The molecular weight excluding hydrogens is 262 g/mol. The fraction of sp³-hybridized carbons (Fsp3) is 0.692. The highest BCUT2D eigenvalue weighted by molar-refractivity contribution is 5.67. The van der Waals surface area contributed by atoms with E-state index in [0.29, 0.717) is 25.4 Å². The Kier molecular flexibility index (Phi) is 4.29. The molecule has 1 atom stereocenters. The van der Waals surface area contributed by atoms with Crippen LogP contribution in [0.1, 0.15) is 32.2 Å². The van der Waals surface area contributed by atoms with E-state index in [1.54, 1.807) is 6.33 Å². The predicted molar refractivity (Wildman–Crippen MR) is 71.0 cm³/mol. The second-order valence-corrected chi connectivity index (χ2v) is 5.76. The van der Waals surface area contributed by atoms with Crippen LogP contribution in [0.5, 0.6) is 0 Å². The number of carbonyl (C=O) groups excluding carboxylic acids is 1. The number of aromatic nitrogens is 2. The molecule has 0 bridgehead atoms. The molecule has 112 valence electrons. The molecule has 0 aromatic carbocycles. The Morgan fingerprint density at radius 2 is 2.40 bits per heavy atom. The first kappa shape index (κ1) is 14.8. The average Bonchev–Trinajstić information content (AvgIpc) is 2.76. The van der Waals surface area contributed by atoms with Gasteiger partial charge in [-0.1, -0.05) is 0 Å². The van der Waals surface area contributed by atoms with E-state index in [-0.39, 0.29) is 12.7 Å². The van der Waals surface area contributed by atoms with Crippen molar-refractivity contribution in [3.63, 3.8) is 0 Å². The summed E-state index contributed by atoms with van der Waals surface area (Å²) in [4.78, 5) is 15.7. The van der Waals surface area contributed by atoms with Crippen LogP contribution in [0.25, 0.3) is 0 Å². The third-order valence-electron chi connectivity index (χ3n) is 2.91. The van der Waals surface area contributed by atoms with Crippen LogP contribution in [0.2, 0.25) is 0 Å². The zero-order chi connectivity index (χ0) is 14.8.